The number of aromatic nitrogens is 3. The lowest BCUT2D eigenvalue weighted by atomic mass is 10.4. The van der Waals surface area contributed by atoms with Gasteiger partial charge in [0, 0.05) is 12.6 Å². The summed E-state index contributed by atoms with van der Waals surface area (Å²) < 4.78 is 4.92. The third-order valence-electron chi connectivity index (χ3n) is 2.30. The summed E-state index contributed by atoms with van der Waals surface area (Å²) in [6.07, 6.45) is 3.77. The molecule has 0 aliphatic heterocycles. The van der Waals surface area contributed by atoms with E-state index in [4.69, 9.17) is 4.52 Å². The standard InChI is InChI=1S/C12H15N5O2/c1-3-4-13-12(18)9-6-15-11(7-14-9)16-10-5-8(2)19-17-10/h5-7H,3-4H2,1-2H3,(H,13,18)(H,15,16,17). The molecule has 1 amide bonds. The van der Waals surface area contributed by atoms with Crippen LogP contribution in [0.15, 0.2) is 23.0 Å². The summed E-state index contributed by atoms with van der Waals surface area (Å²) in [5, 5.41) is 9.43. The van der Waals surface area contributed by atoms with Gasteiger partial charge in [0.05, 0.1) is 12.4 Å². The van der Waals surface area contributed by atoms with Crippen LogP contribution in [-0.4, -0.2) is 27.6 Å². The first-order chi connectivity index (χ1) is 9.19. The van der Waals surface area contributed by atoms with Crippen molar-refractivity contribution in [3.63, 3.8) is 0 Å². The summed E-state index contributed by atoms with van der Waals surface area (Å²) in [4.78, 5) is 19.8. The molecule has 2 heterocycles. The Morgan fingerprint density at radius 1 is 1.32 bits per heavy atom. The summed E-state index contributed by atoms with van der Waals surface area (Å²) in [6.45, 7) is 4.41. The fourth-order valence-corrected chi connectivity index (χ4v) is 1.40. The van der Waals surface area contributed by atoms with E-state index in [0.29, 0.717) is 23.9 Å². The lowest BCUT2D eigenvalue weighted by Crippen LogP contribution is -2.25. The van der Waals surface area contributed by atoms with Crippen molar-refractivity contribution in [2.75, 3.05) is 11.9 Å². The van der Waals surface area contributed by atoms with Gasteiger partial charge in [-0.25, -0.2) is 9.97 Å². The molecule has 0 radical (unpaired) electrons. The van der Waals surface area contributed by atoms with Crippen molar-refractivity contribution in [2.24, 2.45) is 0 Å². The molecule has 0 unspecified atom stereocenters. The SMILES string of the molecule is CCCNC(=O)c1cnc(Nc2cc(C)on2)cn1. The van der Waals surface area contributed by atoms with Crippen molar-refractivity contribution in [3.8, 4) is 0 Å². The van der Waals surface area contributed by atoms with Crippen LogP contribution in [0.4, 0.5) is 11.6 Å². The maximum Gasteiger partial charge on any atom is 0.271 e. The normalized spacial score (nSPS) is 10.2. The number of nitrogens with one attached hydrogen (secondary N) is 2. The molecule has 0 atom stereocenters. The van der Waals surface area contributed by atoms with Crippen molar-refractivity contribution in [3.05, 3.63) is 29.9 Å². The highest BCUT2D eigenvalue weighted by atomic mass is 16.5. The van der Waals surface area contributed by atoms with Crippen LogP contribution in [0.25, 0.3) is 0 Å². The van der Waals surface area contributed by atoms with Crippen LogP contribution in [0.5, 0.6) is 0 Å². The van der Waals surface area contributed by atoms with E-state index in [1.165, 1.54) is 12.4 Å². The van der Waals surface area contributed by atoms with Gasteiger partial charge in [0.1, 0.15) is 17.3 Å². The molecule has 7 heteroatoms. The Kier molecular flexibility index (Phi) is 4.07. The molecule has 19 heavy (non-hydrogen) atoms. The first kappa shape index (κ1) is 13.0. The number of anilines is 2. The van der Waals surface area contributed by atoms with Gasteiger partial charge in [-0.2, -0.15) is 0 Å². The van der Waals surface area contributed by atoms with Crippen molar-refractivity contribution in [2.45, 2.75) is 20.3 Å². The van der Waals surface area contributed by atoms with Crippen LogP contribution < -0.4 is 10.6 Å². The summed E-state index contributed by atoms with van der Waals surface area (Å²) in [7, 11) is 0. The smallest absolute Gasteiger partial charge is 0.271 e. The van der Waals surface area contributed by atoms with E-state index >= 15 is 0 Å². The van der Waals surface area contributed by atoms with E-state index < -0.39 is 0 Å². The second-order valence-corrected chi connectivity index (χ2v) is 3.99. The van der Waals surface area contributed by atoms with Crippen LogP contribution in [0.1, 0.15) is 29.6 Å². The van der Waals surface area contributed by atoms with E-state index in [0.717, 1.165) is 6.42 Å². The minimum absolute atomic E-state index is 0.224. The minimum atomic E-state index is -0.224. The number of amides is 1. The Balaban J connectivity index is 2.00. The van der Waals surface area contributed by atoms with E-state index in [2.05, 4.69) is 25.8 Å². The highest BCUT2D eigenvalue weighted by molar-refractivity contribution is 5.91. The van der Waals surface area contributed by atoms with Crippen molar-refractivity contribution in [1.82, 2.24) is 20.4 Å². The average Bonchev–Trinajstić information content (AvgIpc) is 2.82. The molecule has 7 nitrogen and oxygen atoms in total. The fourth-order valence-electron chi connectivity index (χ4n) is 1.40. The molecule has 0 fully saturated rings. The van der Waals surface area contributed by atoms with Gasteiger partial charge in [-0.15, -0.1) is 0 Å². The molecule has 0 aliphatic carbocycles. The fraction of sp³-hybridized carbons (Fsp3) is 0.333. The molecular weight excluding hydrogens is 246 g/mol. The summed E-state index contributed by atoms with van der Waals surface area (Å²) in [6, 6.07) is 1.74. The molecule has 0 saturated heterocycles. The van der Waals surface area contributed by atoms with Crippen molar-refractivity contribution >= 4 is 17.5 Å². The van der Waals surface area contributed by atoms with E-state index in [-0.39, 0.29) is 11.6 Å². The largest absolute Gasteiger partial charge is 0.360 e. The number of hydrogen-bond donors (Lipinski definition) is 2. The highest BCUT2D eigenvalue weighted by Crippen LogP contribution is 2.12. The molecule has 0 bridgehead atoms. The average molecular weight is 261 g/mol. The van der Waals surface area contributed by atoms with Gasteiger partial charge in [0.2, 0.25) is 0 Å². The molecule has 2 aromatic heterocycles. The predicted octanol–water partition coefficient (Wildman–Crippen LogP) is 1.66. The zero-order chi connectivity index (χ0) is 13.7. The van der Waals surface area contributed by atoms with Gasteiger partial charge in [0.15, 0.2) is 5.82 Å². The first-order valence-electron chi connectivity index (χ1n) is 5.99. The van der Waals surface area contributed by atoms with Crippen molar-refractivity contribution in [1.29, 1.82) is 0 Å². The number of nitrogens with zero attached hydrogens (tertiary/aromatic N) is 3. The Morgan fingerprint density at radius 3 is 2.74 bits per heavy atom. The molecule has 0 aromatic carbocycles. The lowest BCUT2D eigenvalue weighted by molar-refractivity contribution is 0.0948. The highest BCUT2D eigenvalue weighted by Gasteiger charge is 2.07. The van der Waals surface area contributed by atoms with Gasteiger partial charge >= 0.3 is 0 Å². The second-order valence-electron chi connectivity index (χ2n) is 3.99. The zero-order valence-electron chi connectivity index (χ0n) is 10.8. The third kappa shape index (κ3) is 3.51. The zero-order valence-corrected chi connectivity index (χ0v) is 10.8. The number of rotatable bonds is 5. The Morgan fingerprint density at radius 2 is 2.16 bits per heavy atom. The van der Waals surface area contributed by atoms with Crippen LogP contribution in [0, 0.1) is 6.92 Å². The maximum atomic E-state index is 11.6. The first-order valence-corrected chi connectivity index (χ1v) is 5.99. The van der Waals surface area contributed by atoms with Crippen molar-refractivity contribution < 1.29 is 9.32 Å². The van der Waals surface area contributed by atoms with Gasteiger partial charge in [-0.3, -0.25) is 4.79 Å². The molecule has 0 aliphatic rings. The number of aryl methyl sites for hydroxylation is 1. The molecule has 0 saturated carbocycles. The summed E-state index contributed by atoms with van der Waals surface area (Å²) in [5.74, 6) is 1.53. The van der Waals surface area contributed by atoms with Crippen LogP contribution in [0.3, 0.4) is 0 Å². The second kappa shape index (κ2) is 5.94. The van der Waals surface area contributed by atoms with Gasteiger partial charge in [-0.05, 0) is 13.3 Å². The molecular formula is C12H15N5O2. The minimum Gasteiger partial charge on any atom is -0.360 e. The van der Waals surface area contributed by atoms with Gasteiger partial charge < -0.3 is 15.2 Å². The Labute approximate surface area is 110 Å². The van der Waals surface area contributed by atoms with Crippen LogP contribution in [0.2, 0.25) is 0 Å². The predicted molar refractivity (Wildman–Crippen MR) is 69.2 cm³/mol. The maximum absolute atomic E-state index is 11.6. The number of hydrogen-bond acceptors (Lipinski definition) is 6. The number of carbonyl (C=O) groups is 1. The Hall–Kier alpha value is -2.44. The number of carbonyl (C=O) groups excluding carboxylic acids is 1. The molecule has 2 aromatic rings. The van der Waals surface area contributed by atoms with Crippen LogP contribution >= 0.6 is 0 Å². The lowest BCUT2D eigenvalue weighted by Gasteiger charge is -2.03. The topological polar surface area (TPSA) is 92.9 Å². The van der Waals surface area contributed by atoms with E-state index in [1.54, 1.807) is 13.0 Å². The summed E-state index contributed by atoms with van der Waals surface area (Å²) >= 11 is 0. The molecule has 2 rings (SSSR count). The third-order valence-corrected chi connectivity index (χ3v) is 2.30. The molecule has 0 spiro atoms. The molecule has 2 N–H and O–H groups in total. The monoisotopic (exact) mass is 261 g/mol. The van der Waals surface area contributed by atoms with E-state index in [9.17, 15) is 4.79 Å². The van der Waals surface area contributed by atoms with Gasteiger partial charge in [-0.1, -0.05) is 12.1 Å². The van der Waals surface area contributed by atoms with Crippen LogP contribution in [-0.2, 0) is 0 Å². The van der Waals surface area contributed by atoms with Gasteiger partial charge in [0.25, 0.3) is 5.91 Å². The Bertz CT molecular complexity index is 550. The molecule has 100 valence electrons. The quantitative estimate of drug-likeness (QED) is 0.850. The van der Waals surface area contributed by atoms with E-state index in [1.807, 2.05) is 6.92 Å². The summed E-state index contributed by atoms with van der Waals surface area (Å²) in [5.41, 5.74) is 0.287.